The van der Waals surface area contributed by atoms with Crippen LogP contribution in [-0.4, -0.2) is 61.5 Å². The van der Waals surface area contributed by atoms with Gasteiger partial charge < -0.3 is 24.1 Å². The second kappa shape index (κ2) is 10.6. The van der Waals surface area contributed by atoms with Crippen LogP contribution in [0, 0.1) is 17.2 Å². The van der Waals surface area contributed by atoms with Gasteiger partial charge in [0, 0.05) is 43.0 Å². The molecule has 0 bridgehead atoms. The number of nitrogens with one attached hydrogen (secondary N) is 1. The highest BCUT2D eigenvalue weighted by Gasteiger charge is 2.27. The highest BCUT2D eigenvalue weighted by atomic mass is 19.1. The number of ether oxygens (including phenoxy) is 2. The Kier molecular flexibility index (Phi) is 6.82. The van der Waals surface area contributed by atoms with Gasteiger partial charge in [0.05, 0.1) is 43.2 Å². The largest absolute Gasteiger partial charge is 0.494 e. The topological polar surface area (TPSA) is 114 Å². The molecule has 3 unspecified atom stereocenters. The van der Waals surface area contributed by atoms with E-state index in [9.17, 15) is 14.4 Å². The van der Waals surface area contributed by atoms with Crippen LogP contribution in [0.25, 0.3) is 33.7 Å². The zero-order chi connectivity index (χ0) is 27.8. The number of rotatable bonds is 6. The number of amides is 1. The Morgan fingerprint density at radius 3 is 2.83 bits per heavy atom. The molecule has 10 heteroatoms. The van der Waals surface area contributed by atoms with Crippen LogP contribution >= 0.6 is 0 Å². The van der Waals surface area contributed by atoms with Gasteiger partial charge in [0.15, 0.2) is 11.3 Å². The molecule has 2 aliphatic heterocycles. The van der Waals surface area contributed by atoms with Gasteiger partial charge in [-0.15, -0.1) is 0 Å². The molecular formula is C30H28FN5O4. The van der Waals surface area contributed by atoms with E-state index in [1.807, 2.05) is 30.0 Å². The van der Waals surface area contributed by atoms with E-state index in [-0.39, 0.29) is 17.9 Å². The molecule has 4 aromatic rings. The average molecular weight is 542 g/mol. The van der Waals surface area contributed by atoms with Crippen LogP contribution in [0.3, 0.4) is 0 Å². The Bertz CT molecular complexity index is 1630. The summed E-state index contributed by atoms with van der Waals surface area (Å²) in [6.45, 7) is 4.01. The maximum absolute atomic E-state index is 13.8. The van der Waals surface area contributed by atoms with E-state index in [2.05, 4.69) is 21.4 Å². The summed E-state index contributed by atoms with van der Waals surface area (Å²) in [5.74, 6) is 0.802. The molecule has 2 fully saturated rings. The molecular weight excluding hydrogens is 513 g/mol. The van der Waals surface area contributed by atoms with Gasteiger partial charge in [-0.2, -0.15) is 5.26 Å². The van der Waals surface area contributed by atoms with Crippen LogP contribution in [0.5, 0.6) is 5.75 Å². The number of fused-ring (bicyclic) bond motifs is 1. The third kappa shape index (κ3) is 4.73. The Hall–Kier alpha value is -4.49. The number of aromatic nitrogens is 2. The van der Waals surface area contributed by atoms with E-state index in [4.69, 9.17) is 13.9 Å². The van der Waals surface area contributed by atoms with Gasteiger partial charge in [0.1, 0.15) is 29.2 Å². The fraction of sp³-hybridized carbons (Fsp3) is 0.333. The lowest BCUT2D eigenvalue weighted by Gasteiger charge is -2.19. The fourth-order valence-corrected chi connectivity index (χ4v) is 5.29. The molecule has 3 atom stereocenters. The molecule has 0 spiro atoms. The maximum Gasteiger partial charge on any atom is 0.253 e. The van der Waals surface area contributed by atoms with Crippen molar-refractivity contribution in [1.29, 1.82) is 5.26 Å². The number of anilines is 1. The second-order valence-electron chi connectivity index (χ2n) is 10.2. The number of furan rings is 1. The number of methoxy groups -OCH3 is 1. The number of benzene rings is 1. The zero-order valence-corrected chi connectivity index (χ0v) is 22.2. The number of carbonyl (C=O) groups excluding carboxylic acids is 1. The molecule has 1 amide bonds. The highest BCUT2D eigenvalue weighted by Crippen LogP contribution is 2.38. The summed E-state index contributed by atoms with van der Waals surface area (Å²) in [6, 6.07) is 13.0. The van der Waals surface area contributed by atoms with E-state index in [0.717, 1.165) is 16.8 Å². The van der Waals surface area contributed by atoms with Crippen LogP contribution in [0.1, 0.15) is 29.3 Å². The predicted molar refractivity (Wildman–Crippen MR) is 147 cm³/mol. The van der Waals surface area contributed by atoms with E-state index < -0.39 is 6.17 Å². The van der Waals surface area contributed by atoms with Crippen molar-refractivity contribution in [3.8, 4) is 34.4 Å². The van der Waals surface area contributed by atoms with Crippen molar-refractivity contribution in [2.75, 3.05) is 38.3 Å². The Labute approximate surface area is 230 Å². The molecule has 1 aromatic carbocycles. The summed E-state index contributed by atoms with van der Waals surface area (Å²) in [7, 11) is 1.51. The van der Waals surface area contributed by atoms with Crippen LogP contribution in [0.4, 0.5) is 10.1 Å². The zero-order valence-electron chi connectivity index (χ0n) is 22.2. The van der Waals surface area contributed by atoms with Crippen molar-refractivity contribution in [2.24, 2.45) is 5.92 Å². The molecule has 5 heterocycles. The summed E-state index contributed by atoms with van der Waals surface area (Å²) < 4.78 is 31.1. The molecule has 0 radical (unpaired) electrons. The third-order valence-corrected chi connectivity index (χ3v) is 7.56. The molecule has 0 saturated carbocycles. The molecule has 40 heavy (non-hydrogen) atoms. The van der Waals surface area contributed by atoms with E-state index in [1.165, 1.54) is 13.3 Å². The van der Waals surface area contributed by atoms with Crippen molar-refractivity contribution in [2.45, 2.75) is 25.6 Å². The van der Waals surface area contributed by atoms with Gasteiger partial charge >= 0.3 is 0 Å². The number of nitrogens with zero attached hydrogens (tertiary/aromatic N) is 4. The first-order valence-electron chi connectivity index (χ1n) is 13.2. The monoisotopic (exact) mass is 541 g/mol. The van der Waals surface area contributed by atoms with Gasteiger partial charge in [-0.25, -0.2) is 9.37 Å². The SMILES string of the molecule is COc1cc(C(=O)NC2COCC2C)cnc1-c1cc2nccc(-c3ccc(N4CCC(F)C4)c(C#N)c3)c2o1. The van der Waals surface area contributed by atoms with E-state index >= 15 is 0 Å². The lowest BCUT2D eigenvalue weighted by molar-refractivity contribution is 0.0925. The molecule has 3 aromatic heterocycles. The van der Waals surface area contributed by atoms with Crippen LogP contribution in [-0.2, 0) is 4.74 Å². The van der Waals surface area contributed by atoms with Crippen LogP contribution < -0.4 is 15.0 Å². The summed E-state index contributed by atoms with van der Waals surface area (Å²) in [5, 5.41) is 12.8. The minimum Gasteiger partial charge on any atom is -0.494 e. The molecule has 6 rings (SSSR count). The summed E-state index contributed by atoms with van der Waals surface area (Å²) in [5.41, 5.74) is 4.67. The first kappa shape index (κ1) is 25.8. The van der Waals surface area contributed by atoms with Crippen molar-refractivity contribution in [1.82, 2.24) is 15.3 Å². The molecule has 2 saturated heterocycles. The third-order valence-electron chi connectivity index (χ3n) is 7.56. The highest BCUT2D eigenvalue weighted by molar-refractivity contribution is 5.96. The number of hydrogen-bond donors (Lipinski definition) is 1. The normalized spacial score (nSPS) is 20.6. The van der Waals surface area contributed by atoms with Crippen molar-refractivity contribution in [3.05, 3.63) is 59.9 Å². The Morgan fingerprint density at radius 1 is 1.23 bits per heavy atom. The summed E-state index contributed by atoms with van der Waals surface area (Å²) in [6.07, 6.45) is 2.75. The second-order valence-corrected chi connectivity index (χ2v) is 10.2. The van der Waals surface area contributed by atoms with Crippen LogP contribution in [0.2, 0.25) is 0 Å². The van der Waals surface area contributed by atoms with Gasteiger partial charge in [0.25, 0.3) is 5.91 Å². The minimum atomic E-state index is -0.882. The first-order chi connectivity index (χ1) is 19.4. The average Bonchev–Trinajstić information content (AvgIpc) is 3.72. The summed E-state index contributed by atoms with van der Waals surface area (Å²) in [4.78, 5) is 23.7. The molecule has 9 nitrogen and oxygen atoms in total. The van der Waals surface area contributed by atoms with E-state index in [1.54, 1.807) is 24.4 Å². The molecule has 2 aliphatic rings. The Morgan fingerprint density at radius 2 is 2.10 bits per heavy atom. The minimum absolute atomic E-state index is 0.0513. The number of halogens is 1. The van der Waals surface area contributed by atoms with Gasteiger partial charge in [0.2, 0.25) is 0 Å². The number of pyridine rings is 2. The summed E-state index contributed by atoms with van der Waals surface area (Å²) >= 11 is 0. The van der Waals surface area contributed by atoms with Gasteiger partial charge in [-0.1, -0.05) is 13.0 Å². The van der Waals surface area contributed by atoms with Crippen molar-refractivity contribution >= 4 is 22.7 Å². The first-order valence-corrected chi connectivity index (χ1v) is 13.2. The predicted octanol–water partition coefficient (Wildman–Crippen LogP) is 4.75. The lowest BCUT2D eigenvalue weighted by atomic mass is 10.0. The number of hydrogen-bond acceptors (Lipinski definition) is 8. The lowest BCUT2D eigenvalue weighted by Crippen LogP contribution is -2.39. The number of nitriles is 1. The van der Waals surface area contributed by atoms with E-state index in [0.29, 0.717) is 72.2 Å². The van der Waals surface area contributed by atoms with Gasteiger partial charge in [-0.3, -0.25) is 9.78 Å². The standard InChI is InChI=1S/C30H28FN5O4/c1-17-15-39-16-24(17)35-30(37)20-10-26(38-2)28(34-13-20)27-11-23-29(40-27)22(5-7-33-23)18-3-4-25(19(9-18)12-32)36-8-6-21(31)14-36/h3-5,7,9-11,13,17,21,24H,6,8,14-16H2,1-2H3,(H,35,37). The van der Waals surface area contributed by atoms with Gasteiger partial charge in [-0.05, 0) is 36.2 Å². The quantitative estimate of drug-likeness (QED) is 0.372. The maximum atomic E-state index is 13.8. The number of carbonyl (C=O) groups is 1. The fourth-order valence-electron chi connectivity index (χ4n) is 5.29. The Balaban J connectivity index is 1.32. The number of alkyl halides is 1. The molecule has 204 valence electrons. The molecule has 1 N–H and O–H groups in total. The molecule has 0 aliphatic carbocycles. The smallest absolute Gasteiger partial charge is 0.253 e. The van der Waals surface area contributed by atoms with Crippen molar-refractivity contribution < 1.29 is 23.1 Å². The van der Waals surface area contributed by atoms with Crippen LogP contribution in [0.15, 0.2) is 53.2 Å². The van der Waals surface area contributed by atoms with Crippen molar-refractivity contribution in [3.63, 3.8) is 0 Å².